The van der Waals surface area contributed by atoms with Crippen LogP contribution in [0.2, 0.25) is 0 Å². The van der Waals surface area contributed by atoms with Gasteiger partial charge in [-0.15, -0.1) is 0 Å². The molecule has 1 atom stereocenters. The highest BCUT2D eigenvalue weighted by Gasteiger charge is 2.21. The minimum absolute atomic E-state index is 0.0173. The molecule has 1 aromatic rings. The summed E-state index contributed by atoms with van der Waals surface area (Å²) >= 11 is 0. The monoisotopic (exact) mass is 260 g/mol. The lowest BCUT2D eigenvalue weighted by atomic mass is 9.99. The quantitative estimate of drug-likeness (QED) is 0.852. The lowest BCUT2D eigenvalue weighted by molar-refractivity contribution is -0.114. The van der Waals surface area contributed by atoms with Crippen LogP contribution in [0.4, 0.5) is 5.69 Å². The van der Waals surface area contributed by atoms with Crippen LogP contribution in [0.1, 0.15) is 45.1 Å². The molecule has 0 aromatic heterocycles. The van der Waals surface area contributed by atoms with Crippen molar-refractivity contribution in [2.75, 3.05) is 5.32 Å². The Morgan fingerprint density at radius 2 is 2.00 bits per heavy atom. The summed E-state index contributed by atoms with van der Waals surface area (Å²) in [7, 11) is 0. The summed E-state index contributed by atoms with van der Waals surface area (Å²) < 4.78 is 0. The highest BCUT2D eigenvalue weighted by Crippen LogP contribution is 2.27. The van der Waals surface area contributed by atoms with Gasteiger partial charge in [0.25, 0.3) is 0 Å². The van der Waals surface area contributed by atoms with E-state index in [2.05, 4.69) is 23.6 Å². The van der Waals surface area contributed by atoms with Crippen molar-refractivity contribution in [3.8, 4) is 0 Å². The second-order valence-corrected chi connectivity index (χ2v) is 5.55. The largest absolute Gasteiger partial charge is 0.326 e. The summed E-state index contributed by atoms with van der Waals surface area (Å²) in [5.41, 5.74) is 2.07. The summed E-state index contributed by atoms with van der Waals surface area (Å²) in [4.78, 5) is 11.2. The molecule has 3 nitrogen and oxygen atoms in total. The molecular weight excluding hydrogens is 236 g/mol. The fourth-order valence-electron chi connectivity index (χ4n) is 2.88. The molecule has 1 fully saturated rings. The molecule has 1 saturated carbocycles. The lowest BCUT2D eigenvalue weighted by Gasteiger charge is -2.21. The Kier molecular flexibility index (Phi) is 4.97. The van der Waals surface area contributed by atoms with E-state index >= 15 is 0 Å². The zero-order valence-electron chi connectivity index (χ0n) is 11.9. The predicted molar refractivity (Wildman–Crippen MR) is 79.0 cm³/mol. The molecule has 19 heavy (non-hydrogen) atoms. The van der Waals surface area contributed by atoms with Gasteiger partial charge in [-0.05, 0) is 37.3 Å². The molecule has 0 bridgehead atoms. The third-order valence-corrected chi connectivity index (χ3v) is 4.05. The number of hydrogen-bond donors (Lipinski definition) is 2. The van der Waals surface area contributed by atoms with Gasteiger partial charge in [0.15, 0.2) is 0 Å². The van der Waals surface area contributed by atoms with Crippen LogP contribution in [0.5, 0.6) is 0 Å². The smallest absolute Gasteiger partial charge is 0.221 e. The Balaban J connectivity index is 1.92. The second-order valence-electron chi connectivity index (χ2n) is 5.55. The van der Waals surface area contributed by atoms with Crippen molar-refractivity contribution in [2.45, 2.75) is 52.1 Å². The maximum atomic E-state index is 11.2. The van der Waals surface area contributed by atoms with Gasteiger partial charge in [-0.25, -0.2) is 0 Å². The van der Waals surface area contributed by atoms with E-state index in [1.807, 2.05) is 18.2 Å². The van der Waals surface area contributed by atoms with Crippen LogP contribution >= 0.6 is 0 Å². The first-order chi connectivity index (χ1) is 9.16. The Morgan fingerprint density at radius 3 is 2.68 bits per heavy atom. The minimum Gasteiger partial charge on any atom is -0.326 e. The minimum atomic E-state index is -0.0173. The SMILES string of the molecule is CC(=O)Nc1ccccc1CN[C@@H](C)C1CCCC1. The molecule has 0 heterocycles. The topological polar surface area (TPSA) is 41.1 Å². The van der Waals surface area contributed by atoms with Crippen LogP contribution in [0.25, 0.3) is 0 Å². The average Bonchev–Trinajstić information content (AvgIpc) is 2.90. The zero-order valence-corrected chi connectivity index (χ0v) is 11.9. The summed E-state index contributed by atoms with van der Waals surface area (Å²) in [5, 5.41) is 6.49. The molecule has 0 unspecified atom stereocenters. The fraction of sp³-hybridized carbons (Fsp3) is 0.562. The van der Waals surface area contributed by atoms with Crippen molar-refractivity contribution in [3.05, 3.63) is 29.8 Å². The van der Waals surface area contributed by atoms with Gasteiger partial charge in [0.1, 0.15) is 0 Å². The molecule has 0 saturated heterocycles. The number of amides is 1. The highest BCUT2D eigenvalue weighted by atomic mass is 16.1. The number of rotatable bonds is 5. The van der Waals surface area contributed by atoms with Gasteiger partial charge in [-0.2, -0.15) is 0 Å². The first-order valence-electron chi connectivity index (χ1n) is 7.25. The molecular formula is C16H24N2O. The summed E-state index contributed by atoms with van der Waals surface area (Å²) in [6, 6.07) is 8.55. The van der Waals surface area contributed by atoms with Crippen molar-refractivity contribution in [1.29, 1.82) is 0 Å². The molecule has 104 valence electrons. The molecule has 1 aliphatic rings. The normalized spacial score (nSPS) is 17.4. The van der Waals surface area contributed by atoms with E-state index in [9.17, 15) is 4.79 Å². The van der Waals surface area contributed by atoms with Crippen molar-refractivity contribution in [1.82, 2.24) is 5.32 Å². The van der Waals surface area contributed by atoms with Gasteiger partial charge >= 0.3 is 0 Å². The number of carbonyl (C=O) groups is 1. The van der Waals surface area contributed by atoms with Crippen LogP contribution in [-0.4, -0.2) is 11.9 Å². The van der Waals surface area contributed by atoms with Crippen molar-refractivity contribution < 1.29 is 4.79 Å². The lowest BCUT2D eigenvalue weighted by Crippen LogP contribution is -2.32. The van der Waals surface area contributed by atoms with Crippen molar-refractivity contribution >= 4 is 11.6 Å². The second kappa shape index (κ2) is 6.71. The van der Waals surface area contributed by atoms with Crippen molar-refractivity contribution in [3.63, 3.8) is 0 Å². The maximum Gasteiger partial charge on any atom is 0.221 e. The van der Waals surface area contributed by atoms with E-state index in [-0.39, 0.29) is 5.91 Å². The third kappa shape index (κ3) is 4.06. The van der Waals surface area contributed by atoms with Gasteiger partial charge in [0.05, 0.1) is 0 Å². The van der Waals surface area contributed by atoms with Gasteiger partial charge in [-0.1, -0.05) is 31.0 Å². The Morgan fingerprint density at radius 1 is 1.32 bits per heavy atom. The molecule has 0 aliphatic heterocycles. The zero-order chi connectivity index (χ0) is 13.7. The molecule has 0 radical (unpaired) electrons. The molecule has 2 N–H and O–H groups in total. The Bertz CT molecular complexity index is 425. The number of hydrogen-bond acceptors (Lipinski definition) is 2. The Labute approximate surface area is 115 Å². The van der Waals surface area contributed by atoms with E-state index in [4.69, 9.17) is 0 Å². The number of nitrogens with one attached hydrogen (secondary N) is 2. The molecule has 0 spiro atoms. The van der Waals surface area contributed by atoms with Crippen LogP contribution < -0.4 is 10.6 Å². The molecule has 3 heteroatoms. The average molecular weight is 260 g/mol. The standard InChI is InChI=1S/C16H24N2O/c1-12(14-7-3-4-8-14)17-11-15-9-5-6-10-16(15)18-13(2)19/h5-6,9-10,12,14,17H,3-4,7-8,11H2,1-2H3,(H,18,19)/t12-/m0/s1. The van der Waals surface area contributed by atoms with Gasteiger partial charge in [0, 0.05) is 25.2 Å². The summed E-state index contributed by atoms with van der Waals surface area (Å²) in [6.45, 7) is 4.64. The van der Waals surface area contributed by atoms with E-state index in [0.717, 1.165) is 23.7 Å². The Hall–Kier alpha value is -1.35. The third-order valence-electron chi connectivity index (χ3n) is 4.05. The van der Waals surface area contributed by atoms with E-state index in [0.29, 0.717) is 6.04 Å². The van der Waals surface area contributed by atoms with E-state index in [1.165, 1.54) is 25.7 Å². The fourth-order valence-corrected chi connectivity index (χ4v) is 2.88. The van der Waals surface area contributed by atoms with Crippen LogP contribution in [-0.2, 0) is 11.3 Å². The van der Waals surface area contributed by atoms with Crippen LogP contribution in [0.3, 0.4) is 0 Å². The van der Waals surface area contributed by atoms with Crippen LogP contribution in [0, 0.1) is 5.92 Å². The number of carbonyl (C=O) groups excluding carboxylic acids is 1. The maximum absolute atomic E-state index is 11.2. The van der Waals surface area contributed by atoms with E-state index in [1.54, 1.807) is 6.92 Å². The summed E-state index contributed by atoms with van der Waals surface area (Å²) in [6.07, 6.45) is 5.45. The summed E-state index contributed by atoms with van der Waals surface area (Å²) in [5.74, 6) is 0.796. The van der Waals surface area contributed by atoms with Gasteiger partial charge < -0.3 is 10.6 Å². The molecule has 2 rings (SSSR count). The van der Waals surface area contributed by atoms with Gasteiger partial charge in [-0.3, -0.25) is 4.79 Å². The predicted octanol–water partition coefficient (Wildman–Crippen LogP) is 3.31. The number of para-hydroxylation sites is 1. The highest BCUT2D eigenvalue weighted by molar-refractivity contribution is 5.89. The number of anilines is 1. The first kappa shape index (κ1) is 14.1. The van der Waals surface area contributed by atoms with E-state index < -0.39 is 0 Å². The van der Waals surface area contributed by atoms with Crippen molar-refractivity contribution in [2.24, 2.45) is 5.92 Å². The molecule has 1 amide bonds. The molecule has 1 aliphatic carbocycles. The van der Waals surface area contributed by atoms with Gasteiger partial charge in [0.2, 0.25) is 5.91 Å². The van der Waals surface area contributed by atoms with Crippen LogP contribution in [0.15, 0.2) is 24.3 Å². The first-order valence-corrected chi connectivity index (χ1v) is 7.25. The number of benzene rings is 1. The molecule has 1 aromatic carbocycles.